The molecule has 0 radical (unpaired) electrons. The fraction of sp³-hybridized carbons (Fsp3) is 0.333. The topological polar surface area (TPSA) is 105 Å². The molecule has 0 saturated carbocycles. The second kappa shape index (κ2) is 8.80. The van der Waals surface area contributed by atoms with Crippen molar-refractivity contribution in [2.45, 2.75) is 39.8 Å². The molecule has 26 heavy (non-hydrogen) atoms. The van der Waals surface area contributed by atoms with Crippen molar-refractivity contribution in [2.75, 3.05) is 0 Å². The number of rotatable bonds is 6. The lowest BCUT2D eigenvalue weighted by Gasteiger charge is -2.14. The van der Waals surface area contributed by atoms with Crippen molar-refractivity contribution in [3.63, 3.8) is 0 Å². The highest BCUT2D eigenvalue weighted by Gasteiger charge is 2.14. The molecule has 0 aliphatic rings. The number of aryl methyl sites for hydroxylation is 2. The van der Waals surface area contributed by atoms with Gasteiger partial charge in [-0.1, -0.05) is 18.2 Å². The Balaban J connectivity index is 1.73. The zero-order valence-electron chi connectivity index (χ0n) is 15.1. The van der Waals surface area contributed by atoms with Gasteiger partial charge in [0.1, 0.15) is 6.54 Å². The summed E-state index contributed by atoms with van der Waals surface area (Å²) in [6, 6.07) is 10.2. The molecule has 3 N–H and O–H groups in total. The first-order chi connectivity index (χ1) is 12.3. The van der Waals surface area contributed by atoms with E-state index in [0.29, 0.717) is 5.56 Å². The van der Waals surface area contributed by atoms with E-state index in [9.17, 15) is 14.4 Å². The van der Waals surface area contributed by atoms with E-state index in [1.807, 2.05) is 26.0 Å². The van der Waals surface area contributed by atoms with Crippen LogP contribution in [0.3, 0.4) is 0 Å². The minimum atomic E-state index is -0.396. The first kappa shape index (κ1) is 19.2. The quantitative estimate of drug-likeness (QED) is 0.667. The normalized spacial score (nSPS) is 11.5. The van der Waals surface area contributed by atoms with Gasteiger partial charge in [0.2, 0.25) is 5.91 Å². The number of nitrogens with one attached hydrogen (secondary N) is 3. The van der Waals surface area contributed by atoms with Gasteiger partial charge in [-0.3, -0.25) is 29.9 Å². The van der Waals surface area contributed by atoms with E-state index in [0.717, 1.165) is 11.4 Å². The minimum absolute atomic E-state index is 0.0141. The van der Waals surface area contributed by atoms with E-state index in [2.05, 4.69) is 21.3 Å². The number of hydrogen-bond donors (Lipinski definition) is 3. The lowest BCUT2D eigenvalue weighted by atomic mass is 10.2. The predicted molar refractivity (Wildman–Crippen MR) is 96.0 cm³/mol. The Morgan fingerprint density at radius 2 is 1.73 bits per heavy atom. The summed E-state index contributed by atoms with van der Waals surface area (Å²) in [6.07, 6.45) is 0.0404. The molecular formula is C18H23N5O3. The van der Waals surface area contributed by atoms with Crippen molar-refractivity contribution < 1.29 is 14.4 Å². The number of hydrazine groups is 1. The van der Waals surface area contributed by atoms with Gasteiger partial charge < -0.3 is 5.32 Å². The van der Waals surface area contributed by atoms with E-state index in [-0.39, 0.29) is 30.8 Å². The number of hydrogen-bond acceptors (Lipinski definition) is 4. The highest BCUT2D eigenvalue weighted by Crippen LogP contribution is 2.01. The van der Waals surface area contributed by atoms with Crippen LogP contribution in [-0.4, -0.2) is 33.5 Å². The number of carbonyl (C=O) groups is 3. The summed E-state index contributed by atoms with van der Waals surface area (Å²) < 4.78 is 1.56. The van der Waals surface area contributed by atoms with E-state index >= 15 is 0 Å². The summed E-state index contributed by atoms with van der Waals surface area (Å²) in [4.78, 5) is 35.8. The Bertz CT molecular complexity index is 785. The maximum Gasteiger partial charge on any atom is 0.260 e. The standard InChI is InChI=1S/C18H23N5O3/c1-12(19-18(26)15-7-5-4-6-8-15)10-16(24)20-21-17(25)11-23-14(3)9-13(2)22-23/h4-9,12H,10-11H2,1-3H3,(H,19,26)(H,20,24)(H,21,25). The lowest BCUT2D eigenvalue weighted by Crippen LogP contribution is -2.45. The van der Waals surface area contributed by atoms with Gasteiger partial charge in [-0.15, -0.1) is 0 Å². The fourth-order valence-electron chi connectivity index (χ4n) is 2.43. The third kappa shape index (κ3) is 5.73. The molecule has 1 unspecified atom stereocenters. The summed E-state index contributed by atoms with van der Waals surface area (Å²) in [7, 11) is 0. The smallest absolute Gasteiger partial charge is 0.260 e. The van der Waals surface area contributed by atoms with Crippen LogP contribution < -0.4 is 16.2 Å². The maximum absolute atomic E-state index is 12.0. The SMILES string of the molecule is Cc1cc(C)n(CC(=O)NNC(=O)CC(C)NC(=O)c2ccccc2)n1. The van der Waals surface area contributed by atoms with Crippen molar-refractivity contribution in [1.82, 2.24) is 25.9 Å². The number of carbonyl (C=O) groups excluding carboxylic acids is 3. The highest BCUT2D eigenvalue weighted by molar-refractivity contribution is 5.94. The number of amides is 3. The molecule has 0 aliphatic carbocycles. The molecule has 1 atom stereocenters. The van der Waals surface area contributed by atoms with Crippen LogP contribution in [-0.2, 0) is 16.1 Å². The Kier molecular flexibility index (Phi) is 6.48. The zero-order valence-corrected chi connectivity index (χ0v) is 15.1. The summed E-state index contributed by atoms with van der Waals surface area (Å²) in [5, 5.41) is 6.92. The molecule has 2 rings (SSSR count). The van der Waals surface area contributed by atoms with Gasteiger partial charge in [0, 0.05) is 23.7 Å². The Morgan fingerprint density at radius 3 is 2.35 bits per heavy atom. The molecule has 8 heteroatoms. The Morgan fingerprint density at radius 1 is 1.08 bits per heavy atom. The van der Waals surface area contributed by atoms with Gasteiger partial charge in [0.05, 0.1) is 5.69 Å². The molecule has 138 valence electrons. The van der Waals surface area contributed by atoms with E-state index in [1.165, 1.54) is 0 Å². The summed E-state index contributed by atoms with van der Waals surface area (Å²) in [5.41, 5.74) is 6.90. The molecule has 1 aromatic heterocycles. The van der Waals surface area contributed by atoms with Crippen molar-refractivity contribution in [3.05, 3.63) is 53.3 Å². The van der Waals surface area contributed by atoms with E-state index in [1.54, 1.807) is 35.9 Å². The van der Waals surface area contributed by atoms with Crippen LogP contribution in [0.4, 0.5) is 0 Å². The van der Waals surface area contributed by atoms with Gasteiger partial charge >= 0.3 is 0 Å². The molecule has 1 aromatic carbocycles. The third-order valence-electron chi connectivity index (χ3n) is 3.64. The van der Waals surface area contributed by atoms with Gasteiger partial charge in [0.15, 0.2) is 0 Å². The van der Waals surface area contributed by atoms with E-state index < -0.39 is 5.91 Å². The molecule has 0 aliphatic heterocycles. The molecule has 2 aromatic rings. The number of nitrogens with zero attached hydrogens (tertiary/aromatic N) is 2. The molecule has 3 amide bonds. The molecular weight excluding hydrogens is 334 g/mol. The number of aromatic nitrogens is 2. The molecule has 0 saturated heterocycles. The molecule has 0 spiro atoms. The highest BCUT2D eigenvalue weighted by atomic mass is 16.2. The van der Waals surface area contributed by atoms with Crippen molar-refractivity contribution in [3.8, 4) is 0 Å². The monoisotopic (exact) mass is 357 g/mol. The summed E-state index contributed by atoms with van der Waals surface area (Å²) in [6.45, 7) is 5.43. The first-order valence-electron chi connectivity index (χ1n) is 8.30. The van der Waals surface area contributed by atoms with Crippen LogP contribution in [0.25, 0.3) is 0 Å². The Labute approximate surface area is 151 Å². The minimum Gasteiger partial charge on any atom is -0.349 e. The maximum atomic E-state index is 12.0. The van der Waals surface area contributed by atoms with Crippen LogP contribution in [0.15, 0.2) is 36.4 Å². The van der Waals surface area contributed by atoms with Crippen molar-refractivity contribution in [2.24, 2.45) is 0 Å². The first-order valence-corrected chi connectivity index (χ1v) is 8.30. The van der Waals surface area contributed by atoms with Crippen LogP contribution in [0.2, 0.25) is 0 Å². The van der Waals surface area contributed by atoms with Crippen LogP contribution in [0.1, 0.15) is 35.1 Å². The Hall–Kier alpha value is -3.16. The average Bonchev–Trinajstić information content (AvgIpc) is 2.90. The van der Waals surface area contributed by atoms with Gasteiger partial charge in [-0.25, -0.2) is 0 Å². The van der Waals surface area contributed by atoms with Gasteiger partial charge in [-0.2, -0.15) is 5.10 Å². The summed E-state index contributed by atoms with van der Waals surface area (Å²) >= 11 is 0. The molecule has 0 bridgehead atoms. The third-order valence-corrected chi connectivity index (χ3v) is 3.64. The van der Waals surface area contributed by atoms with Crippen molar-refractivity contribution >= 4 is 17.7 Å². The fourth-order valence-corrected chi connectivity index (χ4v) is 2.43. The summed E-state index contributed by atoms with van der Waals surface area (Å²) in [5.74, 6) is -1.03. The second-order valence-electron chi connectivity index (χ2n) is 6.13. The molecule has 0 fully saturated rings. The zero-order chi connectivity index (χ0) is 19.1. The number of benzene rings is 1. The predicted octanol–water partition coefficient (Wildman–Crippen LogP) is 0.856. The van der Waals surface area contributed by atoms with Gasteiger partial charge in [0.25, 0.3) is 11.8 Å². The molecule has 8 nitrogen and oxygen atoms in total. The van der Waals surface area contributed by atoms with Crippen LogP contribution in [0, 0.1) is 13.8 Å². The lowest BCUT2D eigenvalue weighted by molar-refractivity contribution is -0.129. The molecule has 1 heterocycles. The average molecular weight is 357 g/mol. The largest absolute Gasteiger partial charge is 0.349 e. The van der Waals surface area contributed by atoms with Crippen LogP contribution >= 0.6 is 0 Å². The van der Waals surface area contributed by atoms with E-state index in [4.69, 9.17) is 0 Å². The van der Waals surface area contributed by atoms with Crippen molar-refractivity contribution in [1.29, 1.82) is 0 Å². The second-order valence-corrected chi connectivity index (χ2v) is 6.13. The van der Waals surface area contributed by atoms with Gasteiger partial charge in [-0.05, 0) is 39.0 Å². The van der Waals surface area contributed by atoms with Crippen LogP contribution in [0.5, 0.6) is 0 Å².